The van der Waals surface area contributed by atoms with Crippen LogP contribution >= 0.6 is 11.6 Å². The Balaban J connectivity index is 1.94. The fourth-order valence-corrected chi connectivity index (χ4v) is 4.52. The highest BCUT2D eigenvalue weighted by molar-refractivity contribution is 6.34. The Morgan fingerprint density at radius 3 is 2.85 bits per heavy atom. The van der Waals surface area contributed by atoms with Crippen LogP contribution in [-0.4, -0.2) is 39.1 Å². The Hall–Kier alpha value is -1.54. The molecule has 3 heterocycles. The number of aryl methyl sites for hydroxylation is 1. The molecule has 0 radical (unpaired) electrons. The Morgan fingerprint density at radius 1 is 1.42 bits per heavy atom. The number of ether oxygens (including phenoxy) is 3. The van der Waals surface area contributed by atoms with Crippen molar-refractivity contribution in [3.05, 3.63) is 35.1 Å². The number of aromatic nitrogens is 3. The zero-order valence-corrected chi connectivity index (χ0v) is 15.9. The molecule has 8 heteroatoms. The van der Waals surface area contributed by atoms with Crippen LogP contribution in [0.3, 0.4) is 0 Å². The Bertz CT molecular complexity index is 913. The van der Waals surface area contributed by atoms with Crippen LogP contribution in [0, 0.1) is 12.7 Å². The molecule has 0 N–H and O–H groups in total. The van der Waals surface area contributed by atoms with E-state index >= 15 is 0 Å². The third-order valence-corrected chi connectivity index (χ3v) is 5.36. The molecule has 1 saturated carbocycles. The number of fused-ring (bicyclic) bond motifs is 1. The van der Waals surface area contributed by atoms with Crippen LogP contribution in [0.5, 0.6) is 0 Å². The second-order valence-electron chi connectivity index (χ2n) is 7.35. The van der Waals surface area contributed by atoms with E-state index in [0.29, 0.717) is 17.9 Å². The minimum absolute atomic E-state index is 0.0788. The van der Waals surface area contributed by atoms with Crippen LogP contribution in [0.15, 0.2) is 18.3 Å². The van der Waals surface area contributed by atoms with E-state index in [9.17, 15) is 4.39 Å². The molecule has 1 aliphatic heterocycles. The number of methoxy groups -OCH3 is 1. The Labute approximate surface area is 155 Å². The maximum Gasteiger partial charge on any atom is 0.170 e. The summed E-state index contributed by atoms with van der Waals surface area (Å²) in [5.74, 6) is -0.919. The molecule has 2 fully saturated rings. The normalized spacial score (nSPS) is 30.8. The first-order valence-corrected chi connectivity index (χ1v) is 8.85. The molecule has 140 valence electrons. The van der Waals surface area contributed by atoms with Crippen molar-refractivity contribution >= 4 is 22.6 Å². The van der Waals surface area contributed by atoms with Crippen molar-refractivity contribution < 1.29 is 18.6 Å². The number of nitrogens with zero attached hydrogens (tertiary/aromatic N) is 3. The first kappa shape index (κ1) is 17.9. The third-order valence-electron chi connectivity index (χ3n) is 5.08. The third kappa shape index (κ3) is 2.41. The standard InChI is InChI=1S/C18H21ClFN3O3/c1-9-6-7-18(13(9)24-5)16(25-17(3,4)26-18)23-8-11(20)12-14(19)21-10(2)22-15(12)23/h8,13,16H,1,6-7H2,2-5H3/t13-,16-,18-/m1/s1. The highest BCUT2D eigenvalue weighted by Crippen LogP contribution is 2.54. The lowest BCUT2D eigenvalue weighted by Gasteiger charge is -2.34. The summed E-state index contributed by atoms with van der Waals surface area (Å²) in [6, 6.07) is 0. The molecule has 2 aromatic rings. The van der Waals surface area contributed by atoms with Gasteiger partial charge in [0.2, 0.25) is 0 Å². The van der Waals surface area contributed by atoms with Crippen molar-refractivity contribution in [1.82, 2.24) is 14.5 Å². The Kier molecular flexibility index (Phi) is 3.93. The van der Waals surface area contributed by atoms with Crippen LogP contribution in [0.4, 0.5) is 4.39 Å². The molecule has 1 saturated heterocycles. The predicted octanol–water partition coefficient (Wildman–Crippen LogP) is 3.92. The molecule has 4 rings (SSSR count). The molecular formula is C18H21ClFN3O3. The average molecular weight is 382 g/mol. The van der Waals surface area contributed by atoms with Crippen LogP contribution in [-0.2, 0) is 14.2 Å². The SMILES string of the molecule is C=C1CC[C@@]2(OC(C)(C)O[C@H]2n2cc(F)c3c(Cl)nc(C)nc32)[C@@H]1OC. The summed E-state index contributed by atoms with van der Waals surface area (Å²) >= 11 is 6.16. The summed E-state index contributed by atoms with van der Waals surface area (Å²) in [5.41, 5.74) is 0.483. The summed E-state index contributed by atoms with van der Waals surface area (Å²) in [6.45, 7) is 9.48. The molecule has 0 bridgehead atoms. The number of hydrogen-bond donors (Lipinski definition) is 0. The molecule has 2 aromatic heterocycles. The molecule has 6 nitrogen and oxygen atoms in total. The molecular weight excluding hydrogens is 361 g/mol. The fraction of sp³-hybridized carbons (Fsp3) is 0.556. The zero-order valence-electron chi connectivity index (χ0n) is 15.2. The minimum Gasteiger partial charge on any atom is -0.374 e. The van der Waals surface area contributed by atoms with Crippen molar-refractivity contribution in [3.63, 3.8) is 0 Å². The molecule has 0 amide bonds. The lowest BCUT2D eigenvalue weighted by molar-refractivity contribution is -0.178. The largest absolute Gasteiger partial charge is 0.374 e. The summed E-state index contributed by atoms with van der Waals surface area (Å²) in [6.07, 6.45) is 1.73. The van der Waals surface area contributed by atoms with Gasteiger partial charge in [0.05, 0.1) is 5.39 Å². The molecule has 26 heavy (non-hydrogen) atoms. The maximum absolute atomic E-state index is 14.6. The lowest BCUT2D eigenvalue weighted by Crippen LogP contribution is -2.46. The van der Waals surface area contributed by atoms with Crippen molar-refractivity contribution in [2.75, 3.05) is 7.11 Å². The highest BCUT2D eigenvalue weighted by atomic mass is 35.5. The first-order valence-electron chi connectivity index (χ1n) is 8.47. The van der Waals surface area contributed by atoms with E-state index in [1.807, 2.05) is 13.8 Å². The van der Waals surface area contributed by atoms with Gasteiger partial charge < -0.3 is 14.2 Å². The van der Waals surface area contributed by atoms with Crippen molar-refractivity contribution in [1.29, 1.82) is 0 Å². The van der Waals surface area contributed by atoms with Crippen molar-refractivity contribution in [3.8, 4) is 0 Å². The molecule has 0 unspecified atom stereocenters. The number of halogens is 2. The maximum atomic E-state index is 14.6. The van der Waals surface area contributed by atoms with E-state index in [1.54, 1.807) is 18.6 Å². The second kappa shape index (κ2) is 5.73. The number of hydrogen-bond acceptors (Lipinski definition) is 5. The van der Waals surface area contributed by atoms with Gasteiger partial charge in [-0.05, 0) is 39.2 Å². The molecule has 0 aromatic carbocycles. The topological polar surface area (TPSA) is 58.4 Å². The second-order valence-corrected chi connectivity index (χ2v) is 7.70. The fourth-order valence-electron chi connectivity index (χ4n) is 4.22. The average Bonchev–Trinajstić information content (AvgIpc) is 3.12. The van der Waals surface area contributed by atoms with Crippen molar-refractivity contribution in [2.24, 2.45) is 0 Å². The van der Waals surface area contributed by atoms with Crippen LogP contribution < -0.4 is 0 Å². The van der Waals surface area contributed by atoms with Gasteiger partial charge in [0.25, 0.3) is 0 Å². The van der Waals surface area contributed by atoms with E-state index in [1.165, 1.54) is 6.20 Å². The molecule has 2 aliphatic rings. The van der Waals surface area contributed by atoms with Gasteiger partial charge in [-0.2, -0.15) is 0 Å². The smallest absolute Gasteiger partial charge is 0.170 e. The lowest BCUT2D eigenvalue weighted by atomic mass is 9.96. The van der Waals surface area contributed by atoms with E-state index in [0.717, 1.165) is 12.0 Å². The first-order chi connectivity index (χ1) is 12.2. The summed E-state index contributed by atoms with van der Waals surface area (Å²) in [4.78, 5) is 8.46. The summed E-state index contributed by atoms with van der Waals surface area (Å²) in [5, 5.41) is 0.251. The van der Waals surface area contributed by atoms with E-state index in [4.69, 9.17) is 25.8 Å². The number of rotatable bonds is 2. The van der Waals surface area contributed by atoms with Gasteiger partial charge in [-0.25, -0.2) is 14.4 Å². The molecule has 1 aliphatic carbocycles. The Morgan fingerprint density at radius 2 is 2.15 bits per heavy atom. The van der Waals surface area contributed by atoms with Gasteiger partial charge in [-0.3, -0.25) is 4.57 Å². The highest BCUT2D eigenvalue weighted by Gasteiger charge is 2.62. The van der Waals surface area contributed by atoms with Gasteiger partial charge in [0, 0.05) is 13.3 Å². The van der Waals surface area contributed by atoms with Crippen LogP contribution in [0.1, 0.15) is 38.7 Å². The van der Waals surface area contributed by atoms with Gasteiger partial charge in [0.15, 0.2) is 17.8 Å². The van der Waals surface area contributed by atoms with Gasteiger partial charge in [0.1, 0.15) is 28.3 Å². The van der Waals surface area contributed by atoms with E-state index in [-0.39, 0.29) is 16.6 Å². The van der Waals surface area contributed by atoms with Gasteiger partial charge >= 0.3 is 0 Å². The van der Waals surface area contributed by atoms with Crippen molar-refractivity contribution in [2.45, 2.75) is 57.3 Å². The van der Waals surface area contributed by atoms with Gasteiger partial charge in [-0.15, -0.1) is 0 Å². The zero-order chi connectivity index (χ0) is 18.9. The van der Waals surface area contributed by atoms with E-state index < -0.39 is 23.4 Å². The molecule has 1 spiro atoms. The monoisotopic (exact) mass is 381 g/mol. The quantitative estimate of drug-likeness (QED) is 0.583. The summed E-state index contributed by atoms with van der Waals surface area (Å²) in [7, 11) is 1.62. The van der Waals surface area contributed by atoms with Crippen LogP contribution in [0.2, 0.25) is 5.15 Å². The van der Waals surface area contributed by atoms with Crippen LogP contribution in [0.25, 0.3) is 11.0 Å². The minimum atomic E-state index is -0.870. The van der Waals surface area contributed by atoms with E-state index in [2.05, 4.69) is 16.5 Å². The van der Waals surface area contributed by atoms with Gasteiger partial charge in [-0.1, -0.05) is 18.2 Å². The predicted molar refractivity (Wildman–Crippen MR) is 94.4 cm³/mol. The molecule has 3 atom stereocenters. The summed E-state index contributed by atoms with van der Waals surface area (Å²) < 4.78 is 34.5.